The maximum Gasteiger partial charge on any atom is 0.262 e. The summed E-state index contributed by atoms with van der Waals surface area (Å²) in [5, 5.41) is 2.86. The fraction of sp³-hybridized carbons (Fsp3) is 0.316. The minimum Gasteiger partial charge on any atom is -0.350 e. The average Bonchev–Trinajstić information content (AvgIpc) is 2.54. The predicted octanol–water partition coefficient (Wildman–Crippen LogP) is 3.63. The molecule has 2 aromatic carbocycles. The van der Waals surface area contributed by atoms with Gasteiger partial charge in [0.2, 0.25) is 0 Å². The van der Waals surface area contributed by atoms with Crippen LogP contribution in [0.2, 0.25) is 0 Å². The lowest BCUT2D eigenvalue weighted by Gasteiger charge is -2.16. The molecule has 0 saturated heterocycles. The molecule has 0 bridgehead atoms. The summed E-state index contributed by atoms with van der Waals surface area (Å²) in [5.74, 6) is -0.298. The van der Waals surface area contributed by atoms with Crippen LogP contribution in [0, 0.1) is 13.8 Å². The molecule has 0 fully saturated rings. The van der Waals surface area contributed by atoms with Crippen LogP contribution < -0.4 is 10.0 Å². The minimum absolute atomic E-state index is 0.0107. The van der Waals surface area contributed by atoms with Crippen molar-refractivity contribution >= 4 is 21.6 Å². The quantitative estimate of drug-likeness (QED) is 0.826. The second-order valence-corrected chi connectivity index (χ2v) is 7.85. The van der Waals surface area contributed by atoms with E-state index in [0.29, 0.717) is 11.1 Å². The molecule has 0 heterocycles. The Bertz CT molecular complexity index is 876. The molecule has 134 valence electrons. The zero-order valence-electron chi connectivity index (χ0n) is 15.0. The highest BCUT2D eigenvalue weighted by molar-refractivity contribution is 7.92. The molecule has 25 heavy (non-hydrogen) atoms. The Morgan fingerprint density at radius 3 is 2.44 bits per heavy atom. The third-order valence-electron chi connectivity index (χ3n) is 4.03. The molecule has 2 N–H and O–H groups in total. The van der Waals surface area contributed by atoms with E-state index in [2.05, 4.69) is 10.0 Å². The fourth-order valence-corrected chi connectivity index (χ4v) is 3.78. The number of nitrogens with one attached hydrogen (secondary N) is 2. The molecule has 0 unspecified atom stereocenters. The maximum absolute atomic E-state index is 12.7. The Morgan fingerprint density at radius 1 is 1.12 bits per heavy atom. The molecule has 6 heteroatoms. The van der Waals surface area contributed by atoms with Gasteiger partial charge in [0, 0.05) is 6.04 Å². The van der Waals surface area contributed by atoms with Gasteiger partial charge in [0.05, 0.1) is 16.1 Å². The van der Waals surface area contributed by atoms with Crippen molar-refractivity contribution < 1.29 is 13.2 Å². The Morgan fingerprint density at radius 2 is 1.80 bits per heavy atom. The SMILES string of the molecule is CC[C@@H](C)NC(=O)c1ccccc1NS(=O)(=O)c1ccc(C)cc1C. The van der Waals surface area contributed by atoms with Crippen LogP contribution in [0.25, 0.3) is 0 Å². The van der Waals surface area contributed by atoms with Crippen LogP contribution in [0.4, 0.5) is 5.69 Å². The van der Waals surface area contributed by atoms with Gasteiger partial charge in [0.1, 0.15) is 0 Å². The van der Waals surface area contributed by atoms with Crippen molar-refractivity contribution in [2.45, 2.75) is 45.1 Å². The van der Waals surface area contributed by atoms with Crippen LogP contribution in [-0.4, -0.2) is 20.4 Å². The third-order valence-corrected chi connectivity index (χ3v) is 5.55. The van der Waals surface area contributed by atoms with Gasteiger partial charge in [-0.05, 0) is 51.0 Å². The molecule has 2 rings (SSSR count). The summed E-state index contributed by atoms with van der Waals surface area (Å²) in [7, 11) is -3.78. The van der Waals surface area contributed by atoms with Gasteiger partial charge >= 0.3 is 0 Å². The van der Waals surface area contributed by atoms with E-state index in [9.17, 15) is 13.2 Å². The molecule has 0 aliphatic carbocycles. The van der Waals surface area contributed by atoms with E-state index >= 15 is 0 Å². The van der Waals surface area contributed by atoms with E-state index in [4.69, 9.17) is 0 Å². The Hall–Kier alpha value is -2.34. The Kier molecular flexibility index (Phi) is 5.85. The van der Waals surface area contributed by atoms with Crippen molar-refractivity contribution in [2.75, 3.05) is 4.72 Å². The molecule has 1 atom stereocenters. The number of aryl methyl sites for hydroxylation is 2. The van der Waals surface area contributed by atoms with Crippen LogP contribution in [0.3, 0.4) is 0 Å². The number of para-hydroxylation sites is 1. The molecular formula is C19H24N2O3S. The summed E-state index contributed by atoms with van der Waals surface area (Å²) in [6.45, 7) is 7.54. The second-order valence-electron chi connectivity index (χ2n) is 6.20. The van der Waals surface area contributed by atoms with Gasteiger partial charge in [-0.1, -0.05) is 36.8 Å². The third kappa shape index (κ3) is 4.60. The van der Waals surface area contributed by atoms with E-state index < -0.39 is 10.0 Å². The summed E-state index contributed by atoms with van der Waals surface area (Å²) < 4.78 is 28.0. The number of hydrogen-bond acceptors (Lipinski definition) is 3. The van der Waals surface area contributed by atoms with Crippen molar-refractivity contribution in [3.8, 4) is 0 Å². The first-order valence-electron chi connectivity index (χ1n) is 8.24. The highest BCUT2D eigenvalue weighted by atomic mass is 32.2. The highest BCUT2D eigenvalue weighted by Gasteiger charge is 2.20. The summed E-state index contributed by atoms with van der Waals surface area (Å²) in [6, 6.07) is 11.8. The van der Waals surface area contributed by atoms with Crippen molar-refractivity contribution in [1.29, 1.82) is 0 Å². The van der Waals surface area contributed by atoms with Gasteiger partial charge in [-0.15, -0.1) is 0 Å². The number of hydrogen-bond donors (Lipinski definition) is 2. The van der Waals surface area contributed by atoms with E-state index in [1.807, 2.05) is 26.8 Å². The molecule has 1 amide bonds. The highest BCUT2D eigenvalue weighted by Crippen LogP contribution is 2.23. The number of carbonyl (C=O) groups is 1. The van der Waals surface area contributed by atoms with Crippen LogP contribution >= 0.6 is 0 Å². The van der Waals surface area contributed by atoms with Gasteiger partial charge in [-0.25, -0.2) is 8.42 Å². The molecular weight excluding hydrogens is 336 g/mol. The standard InChI is InChI=1S/C19H24N2O3S/c1-5-15(4)20-19(22)16-8-6-7-9-17(16)21-25(23,24)18-11-10-13(2)12-14(18)3/h6-12,15,21H,5H2,1-4H3,(H,20,22)/t15-/m1/s1. The first-order chi connectivity index (χ1) is 11.7. The largest absolute Gasteiger partial charge is 0.350 e. The van der Waals surface area contributed by atoms with Crippen molar-refractivity contribution in [3.05, 3.63) is 59.2 Å². The Balaban J connectivity index is 2.35. The van der Waals surface area contributed by atoms with Gasteiger partial charge in [0.25, 0.3) is 15.9 Å². The molecule has 0 radical (unpaired) electrons. The molecule has 2 aromatic rings. The van der Waals surface area contributed by atoms with Crippen molar-refractivity contribution in [1.82, 2.24) is 5.32 Å². The monoisotopic (exact) mass is 360 g/mol. The zero-order chi connectivity index (χ0) is 18.6. The number of carbonyl (C=O) groups excluding carboxylic acids is 1. The minimum atomic E-state index is -3.78. The average molecular weight is 360 g/mol. The number of benzene rings is 2. The smallest absolute Gasteiger partial charge is 0.262 e. The normalized spacial score (nSPS) is 12.5. The molecule has 0 saturated carbocycles. The lowest BCUT2D eigenvalue weighted by molar-refractivity contribution is 0.0940. The van der Waals surface area contributed by atoms with E-state index in [0.717, 1.165) is 12.0 Å². The van der Waals surface area contributed by atoms with Crippen molar-refractivity contribution in [2.24, 2.45) is 0 Å². The summed E-state index contributed by atoms with van der Waals surface area (Å²) in [5.41, 5.74) is 2.22. The number of sulfonamides is 1. The number of anilines is 1. The Labute approximate surface area is 149 Å². The number of rotatable bonds is 6. The van der Waals surface area contributed by atoms with Gasteiger partial charge < -0.3 is 5.32 Å². The zero-order valence-corrected chi connectivity index (χ0v) is 15.8. The van der Waals surface area contributed by atoms with Gasteiger partial charge in [-0.2, -0.15) is 0 Å². The number of amides is 1. The predicted molar refractivity (Wildman–Crippen MR) is 100 cm³/mol. The summed E-state index contributed by atoms with van der Waals surface area (Å²) in [6.07, 6.45) is 0.794. The first kappa shape index (κ1) is 19.0. The van der Waals surface area contributed by atoms with Crippen LogP contribution in [0.5, 0.6) is 0 Å². The van der Waals surface area contributed by atoms with Crippen LogP contribution in [-0.2, 0) is 10.0 Å². The molecule has 0 aliphatic rings. The molecule has 0 aromatic heterocycles. The first-order valence-corrected chi connectivity index (χ1v) is 9.73. The van der Waals surface area contributed by atoms with E-state index in [1.165, 1.54) is 0 Å². The topological polar surface area (TPSA) is 75.3 Å². The van der Waals surface area contributed by atoms with Gasteiger partial charge in [-0.3, -0.25) is 9.52 Å². The van der Waals surface area contributed by atoms with E-state index in [-0.39, 0.29) is 22.5 Å². The summed E-state index contributed by atoms with van der Waals surface area (Å²) >= 11 is 0. The van der Waals surface area contributed by atoms with Crippen LogP contribution in [0.15, 0.2) is 47.4 Å². The van der Waals surface area contributed by atoms with Gasteiger partial charge in [0.15, 0.2) is 0 Å². The second kappa shape index (κ2) is 7.70. The molecule has 5 nitrogen and oxygen atoms in total. The van der Waals surface area contributed by atoms with Crippen LogP contribution in [0.1, 0.15) is 41.8 Å². The fourth-order valence-electron chi connectivity index (χ4n) is 2.47. The lowest BCUT2D eigenvalue weighted by Crippen LogP contribution is -2.32. The summed E-state index contributed by atoms with van der Waals surface area (Å²) in [4.78, 5) is 12.6. The van der Waals surface area contributed by atoms with Crippen molar-refractivity contribution in [3.63, 3.8) is 0 Å². The molecule has 0 spiro atoms. The molecule has 0 aliphatic heterocycles. The van der Waals surface area contributed by atoms with E-state index in [1.54, 1.807) is 43.3 Å². The maximum atomic E-state index is 12.7. The lowest BCUT2D eigenvalue weighted by atomic mass is 10.1.